The summed E-state index contributed by atoms with van der Waals surface area (Å²) in [7, 11) is 0. The van der Waals surface area contributed by atoms with Crippen LogP contribution in [0.15, 0.2) is 0 Å². The second-order valence-electron chi connectivity index (χ2n) is 6.79. The minimum absolute atomic E-state index is 0.109. The molecule has 0 aromatic carbocycles. The van der Waals surface area contributed by atoms with Crippen LogP contribution >= 0.6 is 0 Å². The third-order valence-corrected chi connectivity index (χ3v) is 3.84. The fourth-order valence-corrected chi connectivity index (χ4v) is 2.94. The second kappa shape index (κ2) is 5.51. The van der Waals surface area contributed by atoms with Crippen molar-refractivity contribution in [1.29, 1.82) is 0 Å². The van der Waals surface area contributed by atoms with Gasteiger partial charge in [0.15, 0.2) is 5.78 Å². The Bertz CT molecular complexity index is 265. The molecule has 0 N–H and O–H groups in total. The van der Waals surface area contributed by atoms with E-state index in [1.165, 1.54) is 12.8 Å². The molecule has 1 heterocycles. The van der Waals surface area contributed by atoms with Crippen LogP contribution in [0.3, 0.4) is 0 Å². The summed E-state index contributed by atoms with van der Waals surface area (Å²) >= 11 is 0. The first-order chi connectivity index (χ1) is 7.77. The first kappa shape index (κ1) is 14.7. The molecule has 17 heavy (non-hydrogen) atoms. The lowest BCUT2D eigenvalue weighted by atomic mass is 9.93. The highest BCUT2D eigenvalue weighted by atomic mass is 16.1. The third kappa shape index (κ3) is 3.54. The van der Waals surface area contributed by atoms with Gasteiger partial charge in [0.1, 0.15) is 0 Å². The number of nitrogens with zero attached hydrogens (tertiary/aromatic N) is 1. The summed E-state index contributed by atoms with van der Waals surface area (Å²) in [5.41, 5.74) is 0.109. The predicted octanol–water partition coefficient (Wildman–Crippen LogP) is 3.50. The first-order valence-corrected chi connectivity index (χ1v) is 7.07. The van der Waals surface area contributed by atoms with Crippen LogP contribution in [0.25, 0.3) is 0 Å². The number of carbonyl (C=O) groups excluding carboxylic acids is 1. The van der Waals surface area contributed by atoms with Gasteiger partial charge >= 0.3 is 0 Å². The molecule has 2 nitrogen and oxygen atoms in total. The molecule has 1 aliphatic rings. The highest BCUT2D eigenvalue weighted by Gasteiger charge is 2.41. The number of ketones is 1. The van der Waals surface area contributed by atoms with Crippen LogP contribution in [0.1, 0.15) is 60.8 Å². The summed E-state index contributed by atoms with van der Waals surface area (Å²) < 4.78 is 0. The molecule has 100 valence electrons. The van der Waals surface area contributed by atoms with Crippen LogP contribution in [0.4, 0.5) is 0 Å². The molecule has 0 unspecified atom stereocenters. The van der Waals surface area contributed by atoms with Crippen LogP contribution < -0.4 is 0 Å². The van der Waals surface area contributed by atoms with E-state index in [1.807, 2.05) is 13.8 Å². The van der Waals surface area contributed by atoms with Gasteiger partial charge in [-0.15, -0.1) is 0 Å². The number of carbonyl (C=O) groups is 1. The Hall–Kier alpha value is -0.370. The molecule has 0 spiro atoms. The molecule has 1 rings (SSSR count). The molecule has 0 aliphatic carbocycles. The van der Waals surface area contributed by atoms with Gasteiger partial charge in [-0.2, -0.15) is 0 Å². The van der Waals surface area contributed by atoms with Gasteiger partial charge in [-0.3, -0.25) is 9.69 Å². The number of rotatable bonds is 4. The molecular formula is C15H29NO. The maximum Gasteiger partial charge on any atom is 0.152 e. The van der Waals surface area contributed by atoms with Gasteiger partial charge in [0.05, 0.1) is 6.04 Å². The molecule has 2 atom stereocenters. The minimum Gasteiger partial charge on any atom is -0.298 e. The topological polar surface area (TPSA) is 20.3 Å². The highest BCUT2D eigenvalue weighted by Crippen LogP contribution is 2.33. The van der Waals surface area contributed by atoms with E-state index in [2.05, 4.69) is 32.6 Å². The van der Waals surface area contributed by atoms with E-state index >= 15 is 0 Å². The van der Waals surface area contributed by atoms with E-state index in [4.69, 9.17) is 0 Å². The summed E-state index contributed by atoms with van der Waals surface area (Å²) in [5.74, 6) is 1.30. The molecule has 0 aromatic rings. The summed E-state index contributed by atoms with van der Waals surface area (Å²) in [6.07, 6.45) is 3.56. The highest BCUT2D eigenvalue weighted by molar-refractivity contribution is 5.86. The SMILES string of the molecule is CCC[C@@H]1C[C@@H](C(=O)C(C)C)N(C(C)(C)C)C1. The number of Topliss-reactive ketones (excluding diaryl/α,β-unsaturated/α-hetero) is 1. The smallest absolute Gasteiger partial charge is 0.152 e. The Morgan fingerprint density at radius 3 is 2.35 bits per heavy atom. The average Bonchev–Trinajstić information content (AvgIpc) is 2.60. The van der Waals surface area contributed by atoms with E-state index < -0.39 is 0 Å². The summed E-state index contributed by atoms with van der Waals surface area (Å²) in [6.45, 7) is 14.1. The largest absolute Gasteiger partial charge is 0.298 e. The summed E-state index contributed by atoms with van der Waals surface area (Å²) in [5, 5.41) is 0. The van der Waals surface area contributed by atoms with Gasteiger partial charge < -0.3 is 0 Å². The molecule has 0 aromatic heterocycles. The van der Waals surface area contributed by atoms with E-state index in [-0.39, 0.29) is 17.5 Å². The Labute approximate surface area is 107 Å². The number of likely N-dealkylation sites (tertiary alicyclic amines) is 1. The van der Waals surface area contributed by atoms with Crippen LogP contribution in [-0.4, -0.2) is 28.8 Å². The lowest BCUT2D eigenvalue weighted by molar-refractivity contribution is -0.127. The zero-order valence-electron chi connectivity index (χ0n) is 12.4. The van der Waals surface area contributed by atoms with E-state index in [0.717, 1.165) is 13.0 Å². The zero-order valence-corrected chi connectivity index (χ0v) is 12.4. The second-order valence-corrected chi connectivity index (χ2v) is 6.79. The monoisotopic (exact) mass is 239 g/mol. The molecule has 2 heteroatoms. The number of hydrogen-bond donors (Lipinski definition) is 0. The van der Waals surface area contributed by atoms with Crippen LogP contribution in [0.2, 0.25) is 0 Å². The standard InChI is InChI=1S/C15H29NO/c1-7-8-12-9-13(14(17)11(2)3)16(10-12)15(4,5)6/h11-13H,7-10H2,1-6H3/t12-,13+/m1/s1. The quantitative estimate of drug-likeness (QED) is 0.748. The zero-order chi connectivity index (χ0) is 13.2. The average molecular weight is 239 g/mol. The van der Waals surface area contributed by atoms with Gasteiger partial charge in [0, 0.05) is 18.0 Å². The molecule has 1 fully saturated rings. The molecule has 0 saturated carbocycles. The first-order valence-electron chi connectivity index (χ1n) is 7.07. The lowest BCUT2D eigenvalue weighted by Crippen LogP contribution is -2.48. The van der Waals surface area contributed by atoms with Crippen molar-refractivity contribution in [1.82, 2.24) is 4.90 Å². The maximum absolute atomic E-state index is 12.3. The summed E-state index contributed by atoms with van der Waals surface area (Å²) in [6, 6.07) is 0.159. The van der Waals surface area contributed by atoms with Crippen LogP contribution in [-0.2, 0) is 4.79 Å². The van der Waals surface area contributed by atoms with Crippen molar-refractivity contribution in [2.45, 2.75) is 72.4 Å². The lowest BCUT2D eigenvalue weighted by Gasteiger charge is -2.37. The van der Waals surface area contributed by atoms with E-state index in [1.54, 1.807) is 0 Å². The van der Waals surface area contributed by atoms with Crippen molar-refractivity contribution >= 4 is 5.78 Å². The molecule has 0 amide bonds. The fourth-order valence-electron chi connectivity index (χ4n) is 2.94. The van der Waals surface area contributed by atoms with Gasteiger partial charge in [-0.05, 0) is 39.5 Å². The Kier molecular flexibility index (Phi) is 4.77. The minimum atomic E-state index is 0.109. The van der Waals surface area contributed by atoms with Crippen molar-refractivity contribution in [3.05, 3.63) is 0 Å². The Morgan fingerprint density at radius 2 is 1.94 bits per heavy atom. The Balaban J connectivity index is 2.81. The van der Waals surface area contributed by atoms with Crippen LogP contribution in [0, 0.1) is 11.8 Å². The van der Waals surface area contributed by atoms with Crippen molar-refractivity contribution in [2.24, 2.45) is 11.8 Å². The van der Waals surface area contributed by atoms with Crippen molar-refractivity contribution in [3.63, 3.8) is 0 Å². The summed E-state index contributed by atoms with van der Waals surface area (Å²) in [4.78, 5) is 14.7. The van der Waals surface area contributed by atoms with Crippen molar-refractivity contribution in [2.75, 3.05) is 6.54 Å². The van der Waals surface area contributed by atoms with Gasteiger partial charge in [-0.25, -0.2) is 0 Å². The molecule has 0 radical (unpaired) electrons. The molecular weight excluding hydrogens is 210 g/mol. The normalized spacial score (nSPS) is 26.8. The third-order valence-electron chi connectivity index (χ3n) is 3.84. The van der Waals surface area contributed by atoms with Crippen molar-refractivity contribution in [3.8, 4) is 0 Å². The Morgan fingerprint density at radius 1 is 1.35 bits per heavy atom. The van der Waals surface area contributed by atoms with E-state index in [9.17, 15) is 4.79 Å². The van der Waals surface area contributed by atoms with Gasteiger partial charge in [-0.1, -0.05) is 27.2 Å². The van der Waals surface area contributed by atoms with Gasteiger partial charge in [0.2, 0.25) is 0 Å². The van der Waals surface area contributed by atoms with E-state index in [0.29, 0.717) is 11.7 Å². The molecule has 1 saturated heterocycles. The van der Waals surface area contributed by atoms with Crippen molar-refractivity contribution < 1.29 is 4.79 Å². The fraction of sp³-hybridized carbons (Fsp3) is 0.933. The van der Waals surface area contributed by atoms with Crippen LogP contribution in [0.5, 0.6) is 0 Å². The molecule has 1 aliphatic heterocycles. The number of hydrogen-bond acceptors (Lipinski definition) is 2. The molecule has 0 bridgehead atoms. The van der Waals surface area contributed by atoms with Gasteiger partial charge in [0.25, 0.3) is 0 Å². The predicted molar refractivity (Wildman–Crippen MR) is 73.1 cm³/mol. The maximum atomic E-state index is 12.3.